The number of halogens is 3. The number of nitrogens with two attached hydrogens (primary N) is 1. The van der Waals surface area contributed by atoms with E-state index >= 15 is 0 Å². The molecule has 0 radical (unpaired) electrons. The molecular weight excluding hydrogens is 239 g/mol. The van der Waals surface area contributed by atoms with Crippen molar-refractivity contribution in [3.8, 4) is 0 Å². The van der Waals surface area contributed by atoms with E-state index in [0.717, 1.165) is 24.3 Å². The van der Waals surface area contributed by atoms with E-state index in [1.165, 1.54) is 0 Å². The van der Waals surface area contributed by atoms with Crippen LogP contribution in [0.3, 0.4) is 0 Å². The van der Waals surface area contributed by atoms with E-state index in [0.29, 0.717) is 0 Å². The molecule has 17 heavy (non-hydrogen) atoms. The molecule has 0 aromatic heterocycles. The van der Waals surface area contributed by atoms with Crippen molar-refractivity contribution >= 4 is 5.97 Å². The quantitative estimate of drug-likeness (QED) is 0.750. The average molecular weight is 249 g/mol. The van der Waals surface area contributed by atoms with Gasteiger partial charge in [0, 0.05) is 0 Å². The van der Waals surface area contributed by atoms with Gasteiger partial charge in [-0.05, 0) is 17.7 Å². The molecule has 0 saturated heterocycles. The Morgan fingerprint density at radius 3 is 2.06 bits per heavy atom. The van der Waals surface area contributed by atoms with E-state index in [1.807, 2.05) is 0 Å². The fraction of sp³-hybridized carbons (Fsp3) is 0.300. The molecule has 0 saturated carbocycles. The number of carbonyl (C=O) groups is 1. The zero-order chi connectivity index (χ0) is 13.2. The maximum Gasteiger partial charge on any atom is 0.416 e. The van der Waals surface area contributed by atoms with Gasteiger partial charge in [-0.3, -0.25) is 4.79 Å². The Balaban J connectivity index is 2.92. The smallest absolute Gasteiger partial charge is 0.416 e. The van der Waals surface area contributed by atoms with Crippen molar-refractivity contribution in [1.29, 1.82) is 0 Å². The molecule has 94 valence electrons. The highest BCUT2D eigenvalue weighted by Crippen LogP contribution is 2.30. The third kappa shape index (κ3) is 3.18. The van der Waals surface area contributed by atoms with Crippen LogP contribution >= 0.6 is 0 Å². The molecule has 4 nitrogen and oxygen atoms in total. The maximum atomic E-state index is 12.2. The minimum atomic E-state index is -4.47. The molecule has 1 aromatic carbocycles. The van der Waals surface area contributed by atoms with Gasteiger partial charge in [-0.15, -0.1) is 0 Å². The van der Waals surface area contributed by atoms with Gasteiger partial charge in [0.25, 0.3) is 0 Å². The lowest BCUT2D eigenvalue weighted by Crippen LogP contribution is -2.36. The Kier molecular flexibility index (Phi) is 3.74. The summed E-state index contributed by atoms with van der Waals surface area (Å²) in [5.74, 6) is -1.43. The second-order valence-electron chi connectivity index (χ2n) is 3.43. The molecule has 0 bridgehead atoms. The summed E-state index contributed by atoms with van der Waals surface area (Å²) in [6.45, 7) is 0. The molecule has 0 fully saturated rings. The Labute approximate surface area is 94.5 Å². The minimum Gasteiger partial charge on any atom is -0.480 e. The summed E-state index contributed by atoms with van der Waals surface area (Å²) in [5.41, 5.74) is 4.29. The topological polar surface area (TPSA) is 83.6 Å². The molecular formula is C10H10F3NO3. The van der Waals surface area contributed by atoms with Gasteiger partial charge < -0.3 is 15.9 Å². The van der Waals surface area contributed by atoms with Crippen LogP contribution in [0, 0.1) is 0 Å². The van der Waals surface area contributed by atoms with Crippen LogP contribution in [0.2, 0.25) is 0 Å². The number of aliphatic hydroxyl groups is 1. The van der Waals surface area contributed by atoms with Crippen LogP contribution < -0.4 is 5.73 Å². The van der Waals surface area contributed by atoms with Crippen molar-refractivity contribution in [2.75, 3.05) is 0 Å². The summed E-state index contributed by atoms with van der Waals surface area (Å²) in [4.78, 5) is 10.5. The number of carboxylic acid groups (broad SMARTS) is 1. The van der Waals surface area contributed by atoms with Crippen molar-refractivity contribution in [3.63, 3.8) is 0 Å². The Hall–Kier alpha value is -1.60. The van der Waals surface area contributed by atoms with Crippen LogP contribution in [0.4, 0.5) is 13.2 Å². The first-order valence-corrected chi connectivity index (χ1v) is 4.57. The van der Waals surface area contributed by atoms with E-state index in [2.05, 4.69) is 0 Å². The molecule has 0 unspecified atom stereocenters. The SMILES string of the molecule is N[C@H](C(=O)O)[C@H](O)c1ccc(C(F)(F)F)cc1. The summed E-state index contributed by atoms with van der Waals surface area (Å²) in [7, 11) is 0. The first-order valence-electron chi connectivity index (χ1n) is 4.57. The summed E-state index contributed by atoms with van der Waals surface area (Å²) >= 11 is 0. The molecule has 0 aliphatic carbocycles. The molecule has 0 amide bonds. The van der Waals surface area contributed by atoms with Gasteiger partial charge in [0.2, 0.25) is 0 Å². The van der Waals surface area contributed by atoms with Gasteiger partial charge in [0.05, 0.1) is 5.56 Å². The second-order valence-corrected chi connectivity index (χ2v) is 3.43. The summed E-state index contributed by atoms with van der Waals surface area (Å²) in [6.07, 6.45) is -6.02. The lowest BCUT2D eigenvalue weighted by molar-refractivity contribution is -0.141. The Bertz CT molecular complexity index is 402. The van der Waals surface area contributed by atoms with Gasteiger partial charge >= 0.3 is 12.1 Å². The third-order valence-corrected chi connectivity index (χ3v) is 2.20. The normalized spacial score (nSPS) is 15.4. The molecule has 0 aliphatic heterocycles. The number of hydrogen-bond donors (Lipinski definition) is 3. The van der Waals surface area contributed by atoms with Crippen LogP contribution in [0.25, 0.3) is 0 Å². The summed E-state index contributed by atoms with van der Waals surface area (Å²) in [6, 6.07) is 1.93. The standard InChI is InChI=1S/C10H10F3NO3/c11-10(12,13)6-3-1-5(2-4-6)8(15)7(14)9(16)17/h1-4,7-8,15H,14H2,(H,16,17)/t7-,8+/m0/s1. The summed E-state index contributed by atoms with van der Waals surface area (Å²) in [5, 5.41) is 18.0. The predicted octanol–water partition coefficient (Wildman–Crippen LogP) is 1.15. The van der Waals surface area contributed by atoms with Gasteiger partial charge in [-0.2, -0.15) is 13.2 Å². The highest BCUT2D eigenvalue weighted by Gasteiger charge is 2.31. The molecule has 1 rings (SSSR count). The maximum absolute atomic E-state index is 12.2. The van der Waals surface area contributed by atoms with Gasteiger partial charge in [0.15, 0.2) is 0 Å². The number of alkyl halides is 3. The fourth-order valence-corrected chi connectivity index (χ4v) is 1.21. The molecule has 2 atom stereocenters. The van der Waals surface area contributed by atoms with E-state index in [9.17, 15) is 23.1 Å². The van der Waals surface area contributed by atoms with Gasteiger partial charge in [0.1, 0.15) is 12.1 Å². The molecule has 0 aliphatic rings. The van der Waals surface area contributed by atoms with E-state index in [4.69, 9.17) is 10.8 Å². The summed E-state index contributed by atoms with van der Waals surface area (Å²) < 4.78 is 36.7. The highest BCUT2D eigenvalue weighted by molar-refractivity contribution is 5.74. The third-order valence-electron chi connectivity index (χ3n) is 2.20. The van der Waals surface area contributed by atoms with Crippen molar-refractivity contribution in [2.24, 2.45) is 5.73 Å². The van der Waals surface area contributed by atoms with Crippen LogP contribution in [0.5, 0.6) is 0 Å². The van der Waals surface area contributed by atoms with Gasteiger partial charge in [-0.25, -0.2) is 0 Å². The molecule has 0 spiro atoms. The number of aliphatic hydroxyl groups excluding tert-OH is 1. The number of rotatable bonds is 3. The van der Waals surface area contributed by atoms with Crippen LogP contribution in [-0.2, 0) is 11.0 Å². The first-order chi connectivity index (χ1) is 7.73. The number of hydrogen-bond acceptors (Lipinski definition) is 3. The fourth-order valence-electron chi connectivity index (χ4n) is 1.21. The Morgan fingerprint density at radius 1 is 1.24 bits per heavy atom. The predicted molar refractivity (Wildman–Crippen MR) is 52.0 cm³/mol. The molecule has 4 N–H and O–H groups in total. The van der Waals surface area contributed by atoms with Crippen molar-refractivity contribution < 1.29 is 28.2 Å². The van der Waals surface area contributed by atoms with Crippen LogP contribution in [0.15, 0.2) is 24.3 Å². The largest absolute Gasteiger partial charge is 0.480 e. The lowest BCUT2D eigenvalue weighted by atomic mass is 10.0. The number of carboxylic acids is 1. The average Bonchev–Trinajstić information content (AvgIpc) is 2.26. The zero-order valence-corrected chi connectivity index (χ0v) is 8.48. The van der Waals surface area contributed by atoms with Crippen molar-refractivity contribution in [2.45, 2.75) is 18.3 Å². The molecule has 1 aromatic rings. The van der Waals surface area contributed by atoms with E-state index in [-0.39, 0.29) is 5.56 Å². The lowest BCUT2D eigenvalue weighted by Gasteiger charge is -2.16. The molecule has 0 heterocycles. The number of benzene rings is 1. The second kappa shape index (κ2) is 4.72. The molecule has 7 heteroatoms. The minimum absolute atomic E-state index is 0.0212. The van der Waals surface area contributed by atoms with Crippen molar-refractivity contribution in [3.05, 3.63) is 35.4 Å². The van der Waals surface area contributed by atoms with Crippen LogP contribution in [0.1, 0.15) is 17.2 Å². The monoisotopic (exact) mass is 249 g/mol. The van der Waals surface area contributed by atoms with E-state index in [1.54, 1.807) is 0 Å². The van der Waals surface area contributed by atoms with Gasteiger partial charge in [-0.1, -0.05) is 12.1 Å². The highest BCUT2D eigenvalue weighted by atomic mass is 19.4. The zero-order valence-electron chi connectivity index (χ0n) is 8.48. The first kappa shape index (κ1) is 13.5. The number of aliphatic carboxylic acids is 1. The van der Waals surface area contributed by atoms with Crippen LogP contribution in [-0.4, -0.2) is 22.2 Å². The Morgan fingerprint density at radius 2 is 1.71 bits per heavy atom. The van der Waals surface area contributed by atoms with E-state index < -0.39 is 29.9 Å². The van der Waals surface area contributed by atoms with Crippen molar-refractivity contribution in [1.82, 2.24) is 0 Å².